The Morgan fingerprint density at radius 2 is 2.06 bits per heavy atom. The van der Waals surface area contributed by atoms with Crippen molar-refractivity contribution >= 4 is 10.0 Å². The fourth-order valence-electron chi connectivity index (χ4n) is 2.01. The zero-order valence-electron chi connectivity index (χ0n) is 10.2. The second-order valence-corrected chi connectivity index (χ2v) is 6.23. The van der Waals surface area contributed by atoms with E-state index in [1.54, 1.807) is 18.2 Å². The number of para-hydroxylation sites is 1. The summed E-state index contributed by atoms with van der Waals surface area (Å²) in [6.07, 6.45) is 1.05. The maximum Gasteiger partial charge on any atom is 0.244 e. The minimum atomic E-state index is -3.55. The van der Waals surface area contributed by atoms with Crippen LogP contribution in [0, 0.1) is 5.92 Å². The lowest BCUT2D eigenvalue weighted by molar-refractivity contribution is 0.0453. The molecule has 0 atom stereocenters. The molecule has 2 N–H and O–H groups in total. The van der Waals surface area contributed by atoms with Gasteiger partial charge in [-0.25, -0.2) is 13.1 Å². The maximum atomic E-state index is 12.1. The molecule has 0 aromatic heterocycles. The zero-order valence-corrected chi connectivity index (χ0v) is 11.0. The molecule has 0 amide bonds. The van der Waals surface area contributed by atoms with Gasteiger partial charge in [-0.05, 0) is 30.9 Å². The van der Waals surface area contributed by atoms with E-state index < -0.39 is 10.0 Å². The van der Waals surface area contributed by atoms with Crippen molar-refractivity contribution in [1.82, 2.24) is 4.72 Å². The zero-order chi connectivity index (χ0) is 13.2. The highest BCUT2D eigenvalue weighted by Gasteiger charge is 2.29. The second kappa shape index (κ2) is 5.26. The third-order valence-electron chi connectivity index (χ3n) is 3.13. The van der Waals surface area contributed by atoms with Gasteiger partial charge in [0, 0.05) is 6.54 Å². The smallest absolute Gasteiger partial charge is 0.244 e. The maximum absolute atomic E-state index is 12.1. The lowest BCUT2D eigenvalue weighted by Gasteiger charge is -2.31. The fraction of sp³-hybridized carbons (Fsp3) is 0.500. The number of aliphatic hydroxyl groups is 1. The standard InChI is InChI=1S/C12H17NO4S/c1-17-11-4-2-3-5-12(11)18(15,16)13-8-9-6-10(14)7-9/h2-5,9-10,13-14H,6-8H2,1H3. The number of ether oxygens (including phenoxy) is 1. The van der Waals surface area contributed by atoms with Crippen LogP contribution < -0.4 is 9.46 Å². The molecule has 1 saturated carbocycles. The predicted octanol–water partition coefficient (Wildman–Crippen LogP) is 0.744. The van der Waals surface area contributed by atoms with E-state index in [1.165, 1.54) is 13.2 Å². The van der Waals surface area contributed by atoms with Crippen LogP contribution >= 0.6 is 0 Å². The van der Waals surface area contributed by atoms with Gasteiger partial charge in [-0.1, -0.05) is 12.1 Å². The lowest BCUT2D eigenvalue weighted by atomic mass is 9.83. The molecule has 0 spiro atoms. The Labute approximate surface area is 107 Å². The molecule has 0 radical (unpaired) electrons. The molecule has 1 aromatic carbocycles. The van der Waals surface area contributed by atoms with Crippen LogP contribution in [0.25, 0.3) is 0 Å². The van der Waals surface area contributed by atoms with Gasteiger partial charge in [0.25, 0.3) is 0 Å². The van der Waals surface area contributed by atoms with Crippen LogP contribution in [0.1, 0.15) is 12.8 Å². The third-order valence-corrected chi connectivity index (χ3v) is 4.59. The Bertz CT molecular complexity index is 509. The first kappa shape index (κ1) is 13.3. The summed E-state index contributed by atoms with van der Waals surface area (Å²) >= 11 is 0. The van der Waals surface area contributed by atoms with Crippen LogP contribution in [0.2, 0.25) is 0 Å². The van der Waals surface area contributed by atoms with Gasteiger partial charge in [-0.3, -0.25) is 0 Å². The minimum Gasteiger partial charge on any atom is -0.495 e. The molecule has 18 heavy (non-hydrogen) atoms. The molecule has 1 aliphatic rings. The quantitative estimate of drug-likeness (QED) is 0.828. The van der Waals surface area contributed by atoms with E-state index in [0.29, 0.717) is 25.1 Å². The van der Waals surface area contributed by atoms with Gasteiger partial charge < -0.3 is 9.84 Å². The minimum absolute atomic E-state index is 0.146. The molecule has 0 unspecified atom stereocenters. The van der Waals surface area contributed by atoms with Crippen LogP contribution in [-0.2, 0) is 10.0 Å². The molecule has 1 aliphatic carbocycles. The van der Waals surface area contributed by atoms with Crippen molar-refractivity contribution in [3.63, 3.8) is 0 Å². The molecular formula is C12H17NO4S. The summed E-state index contributed by atoms with van der Waals surface area (Å²) in [5, 5.41) is 9.15. The van der Waals surface area contributed by atoms with Crippen LogP contribution in [0.5, 0.6) is 5.75 Å². The summed E-state index contributed by atoms with van der Waals surface area (Å²) in [6, 6.07) is 6.50. The summed E-state index contributed by atoms with van der Waals surface area (Å²) in [6.45, 7) is 0.359. The van der Waals surface area contributed by atoms with E-state index in [4.69, 9.17) is 9.84 Å². The first-order chi connectivity index (χ1) is 8.53. The van der Waals surface area contributed by atoms with E-state index >= 15 is 0 Å². The van der Waals surface area contributed by atoms with Gasteiger partial charge in [0.1, 0.15) is 10.6 Å². The van der Waals surface area contributed by atoms with Gasteiger partial charge in [-0.15, -0.1) is 0 Å². The first-order valence-corrected chi connectivity index (χ1v) is 7.32. The molecule has 100 valence electrons. The van der Waals surface area contributed by atoms with Crippen molar-refractivity contribution in [3.05, 3.63) is 24.3 Å². The number of hydrogen-bond donors (Lipinski definition) is 2. The molecule has 6 heteroatoms. The molecule has 0 aliphatic heterocycles. The fourth-order valence-corrected chi connectivity index (χ4v) is 3.30. The Balaban J connectivity index is 2.05. The van der Waals surface area contributed by atoms with Crippen molar-refractivity contribution in [1.29, 1.82) is 0 Å². The SMILES string of the molecule is COc1ccccc1S(=O)(=O)NCC1CC(O)C1. The molecule has 1 fully saturated rings. The van der Waals surface area contributed by atoms with Crippen molar-refractivity contribution in [3.8, 4) is 5.75 Å². The summed E-state index contributed by atoms with van der Waals surface area (Å²) in [7, 11) is -2.11. The van der Waals surface area contributed by atoms with Crippen LogP contribution in [0.15, 0.2) is 29.2 Å². The van der Waals surface area contributed by atoms with Gasteiger partial charge in [0.2, 0.25) is 10.0 Å². The molecular weight excluding hydrogens is 254 g/mol. The van der Waals surface area contributed by atoms with Crippen molar-refractivity contribution in [2.45, 2.75) is 23.8 Å². The van der Waals surface area contributed by atoms with Crippen LogP contribution in [0.3, 0.4) is 0 Å². The monoisotopic (exact) mass is 271 g/mol. The number of methoxy groups -OCH3 is 1. The van der Waals surface area contributed by atoms with Gasteiger partial charge in [0.15, 0.2) is 0 Å². The number of nitrogens with one attached hydrogen (secondary N) is 1. The molecule has 1 aromatic rings. The van der Waals surface area contributed by atoms with E-state index in [2.05, 4.69) is 4.72 Å². The lowest BCUT2D eigenvalue weighted by Crippen LogP contribution is -2.38. The Hall–Kier alpha value is -1.11. The summed E-state index contributed by atoms with van der Waals surface area (Å²) in [5.41, 5.74) is 0. The Morgan fingerprint density at radius 1 is 1.39 bits per heavy atom. The highest BCUT2D eigenvalue weighted by molar-refractivity contribution is 7.89. The molecule has 0 bridgehead atoms. The normalized spacial score (nSPS) is 23.4. The largest absolute Gasteiger partial charge is 0.495 e. The van der Waals surface area contributed by atoms with Crippen LogP contribution in [-0.4, -0.2) is 33.3 Å². The van der Waals surface area contributed by atoms with E-state index in [1.807, 2.05) is 0 Å². The van der Waals surface area contributed by atoms with Gasteiger partial charge in [0.05, 0.1) is 13.2 Å². The van der Waals surface area contributed by atoms with Gasteiger partial charge in [-0.2, -0.15) is 0 Å². The number of benzene rings is 1. The van der Waals surface area contributed by atoms with E-state index in [0.717, 1.165) is 0 Å². The number of rotatable bonds is 5. The van der Waals surface area contributed by atoms with E-state index in [-0.39, 0.29) is 16.9 Å². The highest BCUT2D eigenvalue weighted by Crippen LogP contribution is 2.27. The molecule has 0 heterocycles. The summed E-state index contributed by atoms with van der Waals surface area (Å²) in [4.78, 5) is 0.146. The Morgan fingerprint density at radius 3 is 2.67 bits per heavy atom. The molecule has 5 nitrogen and oxygen atoms in total. The third kappa shape index (κ3) is 2.82. The van der Waals surface area contributed by atoms with E-state index in [9.17, 15) is 8.42 Å². The number of sulfonamides is 1. The van der Waals surface area contributed by atoms with Crippen molar-refractivity contribution in [2.75, 3.05) is 13.7 Å². The van der Waals surface area contributed by atoms with Crippen molar-refractivity contribution < 1.29 is 18.3 Å². The predicted molar refractivity (Wildman–Crippen MR) is 66.9 cm³/mol. The Kier molecular flexibility index (Phi) is 3.89. The number of aliphatic hydroxyl groups excluding tert-OH is 1. The highest BCUT2D eigenvalue weighted by atomic mass is 32.2. The number of hydrogen-bond acceptors (Lipinski definition) is 4. The first-order valence-electron chi connectivity index (χ1n) is 5.83. The summed E-state index contributed by atoms with van der Waals surface area (Å²) in [5.74, 6) is 0.558. The van der Waals surface area contributed by atoms with Crippen LogP contribution in [0.4, 0.5) is 0 Å². The average Bonchev–Trinajstić information content (AvgIpc) is 2.33. The average molecular weight is 271 g/mol. The van der Waals surface area contributed by atoms with Crippen molar-refractivity contribution in [2.24, 2.45) is 5.92 Å². The summed E-state index contributed by atoms with van der Waals surface area (Å²) < 4.78 is 31.8. The second-order valence-electron chi connectivity index (χ2n) is 4.49. The molecule has 2 rings (SSSR count). The topological polar surface area (TPSA) is 75.6 Å². The van der Waals surface area contributed by atoms with Gasteiger partial charge >= 0.3 is 0 Å². The molecule has 0 saturated heterocycles.